The highest BCUT2D eigenvalue weighted by molar-refractivity contribution is 7.88. The summed E-state index contributed by atoms with van der Waals surface area (Å²) < 4.78 is 30.4. The Labute approximate surface area is 125 Å². The second-order valence-electron chi connectivity index (χ2n) is 5.02. The minimum atomic E-state index is -3.51. The van der Waals surface area contributed by atoms with Gasteiger partial charge in [0.1, 0.15) is 5.76 Å². The van der Waals surface area contributed by atoms with Gasteiger partial charge in [0.2, 0.25) is 5.09 Å². The molecule has 0 radical (unpaired) electrons. The van der Waals surface area contributed by atoms with Gasteiger partial charge in [0.05, 0.1) is 6.54 Å². The standard InChI is InChI=1S/C15H20N2O3S/c1-12(13-7-5-4-6-8-13)16-11-14-9-10-15(20-14)21(18,19)17(2)3/h4-10,12,16H,11H2,1-3H3/t12-/m0/s1. The van der Waals surface area contributed by atoms with Crippen LogP contribution in [-0.2, 0) is 16.6 Å². The number of rotatable bonds is 6. The summed E-state index contributed by atoms with van der Waals surface area (Å²) >= 11 is 0. The van der Waals surface area contributed by atoms with Crippen LogP contribution in [0.4, 0.5) is 0 Å². The average Bonchev–Trinajstić information content (AvgIpc) is 2.95. The van der Waals surface area contributed by atoms with Crippen molar-refractivity contribution in [3.05, 3.63) is 53.8 Å². The number of nitrogens with one attached hydrogen (secondary N) is 1. The lowest BCUT2D eigenvalue weighted by Gasteiger charge is -2.13. The van der Waals surface area contributed by atoms with E-state index in [4.69, 9.17) is 4.42 Å². The normalized spacial score (nSPS) is 13.5. The highest BCUT2D eigenvalue weighted by Gasteiger charge is 2.21. The van der Waals surface area contributed by atoms with Crippen LogP contribution in [0.5, 0.6) is 0 Å². The molecule has 114 valence electrons. The molecule has 21 heavy (non-hydrogen) atoms. The second kappa shape index (κ2) is 6.43. The largest absolute Gasteiger partial charge is 0.447 e. The minimum absolute atomic E-state index is 0.0309. The van der Waals surface area contributed by atoms with Gasteiger partial charge >= 0.3 is 0 Å². The Morgan fingerprint density at radius 1 is 1.14 bits per heavy atom. The van der Waals surface area contributed by atoms with Gasteiger partial charge in [-0.25, -0.2) is 12.7 Å². The van der Waals surface area contributed by atoms with Crippen molar-refractivity contribution in [1.82, 2.24) is 9.62 Å². The maximum absolute atomic E-state index is 11.9. The SMILES string of the molecule is C[C@H](NCc1ccc(S(=O)(=O)N(C)C)o1)c1ccccc1. The monoisotopic (exact) mass is 308 g/mol. The number of benzene rings is 1. The van der Waals surface area contributed by atoms with E-state index in [2.05, 4.69) is 12.2 Å². The van der Waals surface area contributed by atoms with Gasteiger partial charge in [-0.3, -0.25) is 0 Å². The minimum Gasteiger partial charge on any atom is -0.447 e. The van der Waals surface area contributed by atoms with E-state index >= 15 is 0 Å². The third-order valence-corrected chi connectivity index (χ3v) is 4.94. The Balaban J connectivity index is 2.01. The van der Waals surface area contributed by atoms with E-state index in [1.54, 1.807) is 6.07 Å². The van der Waals surface area contributed by atoms with Gasteiger partial charge < -0.3 is 9.73 Å². The average molecular weight is 308 g/mol. The first-order chi connectivity index (χ1) is 9.91. The molecule has 1 N–H and O–H groups in total. The molecule has 0 amide bonds. The zero-order chi connectivity index (χ0) is 15.5. The van der Waals surface area contributed by atoms with Crippen LogP contribution < -0.4 is 5.32 Å². The molecule has 6 heteroatoms. The first-order valence-corrected chi connectivity index (χ1v) is 8.15. The molecule has 2 rings (SSSR count). The highest BCUT2D eigenvalue weighted by atomic mass is 32.2. The van der Waals surface area contributed by atoms with Crippen LogP contribution >= 0.6 is 0 Å². The van der Waals surface area contributed by atoms with Gasteiger partial charge in [-0.1, -0.05) is 30.3 Å². The number of sulfonamides is 1. The lowest BCUT2D eigenvalue weighted by molar-refractivity contribution is 0.382. The van der Waals surface area contributed by atoms with Crippen LogP contribution in [0.25, 0.3) is 0 Å². The van der Waals surface area contributed by atoms with E-state index in [9.17, 15) is 8.42 Å². The van der Waals surface area contributed by atoms with Crippen LogP contribution in [0, 0.1) is 0 Å². The van der Waals surface area contributed by atoms with Gasteiger partial charge in [-0.15, -0.1) is 0 Å². The van der Waals surface area contributed by atoms with Crippen LogP contribution in [0.1, 0.15) is 24.3 Å². The van der Waals surface area contributed by atoms with Crippen molar-refractivity contribution < 1.29 is 12.8 Å². The number of nitrogens with zero attached hydrogens (tertiary/aromatic N) is 1. The number of hydrogen-bond donors (Lipinski definition) is 1. The van der Waals surface area contributed by atoms with E-state index in [-0.39, 0.29) is 11.1 Å². The van der Waals surface area contributed by atoms with E-state index < -0.39 is 10.0 Å². The molecule has 0 saturated heterocycles. The summed E-state index contributed by atoms with van der Waals surface area (Å²) in [5, 5.41) is 3.28. The zero-order valence-electron chi connectivity index (χ0n) is 12.4. The Morgan fingerprint density at radius 3 is 2.43 bits per heavy atom. The lowest BCUT2D eigenvalue weighted by atomic mass is 10.1. The molecule has 0 saturated carbocycles. The molecule has 5 nitrogen and oxygen atoms in total. The fraction of sp³-hybridized carbons (Fsp3) is 0.333. The second-order valence-corrected chi connectivity index (χ2v) is 7.10. The molecule has 0 aliphatic heterocycles. The molecule has 0 spiro atoms. The summed E-state index contributed by atoms with van der Waals surface area (Å²) in [7, 11) is -0.549. The molecule has 1 aromatic carbocycles. The Bertz CT molecular complexity index is 678. The Kier molecular flexibility index (Phi) is 4.82. The van der Waals surface area contributed by atoms with Gasteiger partial charge in [-0.2, -0.15) is 0 Å². The zero-order valence-corrected chi connectivity index (χ0v) is 13.2. The molecular weight excluding hydrogens is 288 g/mol. The van der Waals surface area contributed by atoms with Crippen molar-refractivity contribution in [2.45, 2.75) is 24.6 Å². The Morgan fingerprint density at radius 2 is 1.81 bits per heavy atom. The molecule has 0 aliphatic rings. The first kappa shape index (κ1) is 15.8. The molecule has 1 aromatic heterocycles. The summed E-state index contributed by atoms with van der Waals surface area (Å²) in [5.74, 6) is 0.596. The molecule has 1 heterocycles. The first-order valence-electron chi connectivity index (χ1n) is 6.71. The number of hydrogen-bond acceptors (Lipinski definition) is 4. The van der Waals surface area contributed by atoms with E-state index in [1.807, 2.05) is 30.3 Å². The van der Waals surface area contributed by atoms with Gasteiger partial charge in [-0.05, 0) is 24.6 Å². The molecule has 0 aliphatic carbocycles. The molecule has 0 fully saturated rings. The predicted molar refractivity (Wildman–Crippen MR) is 81.3 cm³/mol. The summed E-state index contributed by atoms with van der Waals surface area (Å²) in [6.07, 6.45) is 0. The van der Waals surface area contributed by atoms with Crippen molar-refractivity contribution in [2.24, 2.45) is 0 Å². The maximum atomic E-state index is 11.9. The molecule has 0 unspecified atom stereocenters. The van der Waals surface area contributed by atoms with Crippen LogP contribution in [0.15, 0.2) is 52.0 Å². The van der Waals surface area contributed by atoms with Crippen molar-refractivity contribution in [3.63, 3.8) is 0 Å². The smallest absolute Gasteiger partial charge is 0.275 e. The van der Waals surface area contributed by atoms with Crippen molar-refractivity contribution >= 4 is 10.0 Å². The lowest BCUT2D eigenvalue weighted by Crippen LogP contribution is -2.21. The highest BCUT2D eigenvalue weighted by Crippen LogP contribution is 2.18. The fourth-order valence-electron chi connectivity index (χ4n) is 1.89. The van der Waals surface area contributed by atoms with E-state index in [0.717, 1.165) is 4.31 Å². The Hall–Kier alpha value is -1.63. The quantitative estimate of drug-likeness (QED) is 0.890. The maximum Gasteiger partial charge on any atom is 0.275 e. The van der Waals surface area contributed by atoms with Gasteiger partial charge in [0, 0.05) is 20.1 Å². The van der Waals surface area contributed by atoms with Gasteiger partial charge in [0.25, 0.3) is 10.0 Å². The topological polar surface area (TPSA) is 62.6 Å². The number of furan rings is 1. The fourth-order valence-corrected chi connectivity index (χ4v) is 2.70. The van der Waals surface area contributed by atoms with Crippen LogP contribution in [0.2, 0.25) is 0 Å². The third kappa shape index (κ3) is 3.72. The van der Waals surface area contributed by atoms with Gasteiger partial charge in [0.15, 0.2) is 0 Å². The van der Waals surface area contributed by atoms with Crippen molar-refractivity contribution in [2.75, 3.05) is 14.1 Å². The summed E-state index contributed by atoms with van der Waals surface area (Å²) in [4.78, 5) is 0. The predicted octanol–water partition coefficient (Wildman–Crippen LogP) is 2.38. The molecule has 1 atom stereocenters. The van der Waals surface area contributed by atoms with Crippen molar-refractivity contribution in [3.8, 4) is 0 Å². The van der Waals surface area contributed by atoms with Crippen LogP contribution in [0.3, 0.4) is 0 Å². The van der Waals surface area contributed by atoms with E-state index in [1.165, 1.54) is 25.7 Å². The molecule has 0 bridgehead atoms. The summed E-state index contributed by atoms with van der Waals surface area (Å²) in [5.41, 5.74) is 1.17. The third-order valence-electron chi connectivity index (χ3n) is 3.25. The molecule has 2 aromatic rings. The van der Waals surface area contributed by atoms with E-state index in [0.29, 0.717) is 12.3 Å². The summed E-state index contributed by atoms with van der Waals surface area (Å²) in [6.45, 7) is 2.52. The van der Waals surface area contributed by atoms with Crippen LogP contribution in [-0.4, -0.2) is 26.8 Å². The van der Waals surface area contributed by atoms with Crippen molar-refractivity contribution in [1.29, 1.82) is 0 Å². The molecular formula is C15H20N2O3S. The summed E-state index contributed by atoms with van der Waals surface area (Å²) in [6, 6.07) is 13.4.